The third kappa shape index (κ3) is 2.03. The molecule has 1 aliphatic heterocycles. The van der Waals surface area contributed by atoms with Crippen LogP contribution in [0.3, 0.4) is 0 Å². The molecule has 1 fully saturated rings. The summed E-state index contributed by atoms with van der Waals surface area (Å²) in [5.41, 5.74) is 0.833. The fraction of sp³-hybridized carbons (Fsp3) is 0.467. The number of allylic oxidation sites excluding steroid dienone is 1. The van der Waals surface area contributed by atoms with Gasteiger partial charge in [-0.1, -0.05) is 29.8 Å². The highest BCUT2D eigenvalue weighted by Gasteiger charge is 2.46. The summed E-state index contributed by atoms with van der Waals surface area (Å²) in [4.78, 5) is 0.416. The predicted molar refractivity (Wildman–Crippen MR) is 75.4 cm³/mol. The first-order chi connectivity index (χ1) is 9.05. The van der Waals surface area contributed by atoms with Crippen LogP contribution in [-0.2, 0) is 10.0 Å². The number of rotatable bonds is 2. The molecule has 1 aromatic carbocycles. The highest BCUT2D eigenvalue weighted by atomic mass is 32.2. The van der Waals surface area contributed by atoms with Gasteiger partial charge in [0.25, 0.3) is 0 Å². The molecule has 1 atom stereocenters. The molecule has 0 saturated carbocycles. The van der Waals surface area contributed by atoms with E-state index in [1.807, 2.05) is 19.1 Å². The van der Waals surface area contributed by atoms with Crippen molar-refractivity contribution in [3.63, 3.8) is 0 Å². The summed E-state index contributed by atoms with van der Waals surface area (Å²) in [6.45, 7) is 2.61. The molecule has 0 amide bonds. The van der Waals surface area contributed by atoms with E-state index in [1.165, 1.54) is 0 Å². The summed E-state index contributed by atoms with van der Waals surface area (Å²) < 4.78 is 27.3. The summed E-state index contributed by atoms with van der Waals surface area (Å²) in [5.74, 6) is 0. The molecule has 1 spiro atoms. The largest absolute Gasteiger partial charge is 0.243 e. The molecule has 1 unspecified atom stereocenters. The zero-order chi connectivity index (χ0) is 13.5. The van der Waals surface area contributed by atoms with Gasteiger partial charge in [-0.15, -0.1) is 0 Å². The molecule has 0 bridgehead atoms. The predicted octanol–water partition coefficient (Wildman–Crippen LogP) is 2.87. The average Bonchev–Trinajstić information content (AvgIpc) is 3.01. The van der Waals surface area contributed by atoms with Crippen molar-refractivity contribution in [2.24, 2.45) is 0 Å². The average molecular weight is 277 g/mol. The molecule has 0 radical (unpaired) electrons. The fourth-order valence-electron chi connectivity index (χ4n) is 3.21. The number of nitrogens with zero attached hydrogens (tertiary/aromatic N) is 1. The Morgan fingerprint density at radius 3 is 2.53 bits per heavy atom. The number of hydrogen-bond acceptors (Lipinski definition) is 2. The van der Waals surface area contributed by atoms with Crippen LogP contribution in [0.2, 0.25) is 0 Å². The SMILES string of the molecule is Cc1ccc(S(=O)(=O)N2CCCC23C=CCC3)cc1. The van der Waals surface area contributed by atoms with Crippen molar-refractivity contribution >= 4 is 10.0 Å². The monoisotopic (exact) mass is 277 g/mol. The lowest BCUT2D eigenvalue weighted by Gasteiger charge is -2.32. The minimum atomic E-state index is -3.37. The molecule has 3 rings (SSSR count). The second kappa shape index (κ2) is 4.46. The lowest BCUT2D eigenvalue weighted by atomic mass is 9.97. The Bertz CT molecular complexity index is 604. The van der Waals surface area contributed by atoms with E-state index in [0.717, 1.165) is 31.2 Å². The standard InChI is InChI=1S/C15H19NO2S/c1-13-5-7-14(8-6-13)19(17,18)16-12-4-11-15(16)9-2-3-10-15/h2,5-9H,3-4,10-12H2,1H3. The van der Waals surface area contributed by atoms with Crippen LogP contribution in [0.15, 0.2) is 41.3 Å². The van der Waals surface area contributed by atoms with Crippen molar-refractivity contribution in [1.29, 1.82) is 0 Å². The van der Waals surface area contributed by atoms with Crippen LogP contribution in [0, 0.1) is 6.92 Å². The molecule has 19 heavy (non-hydrogen) atoms. The number of benzene rings is 1. The maximum Gasteiger partial charge on any atom is 0.243 e. The highest BCUT2D eigenvalue weighted by molar-refractivity contribution is 7.89. The van der Waals surface area contributed by atoms with Crippen molar-refractivity contribution < 1.29 is 8.42 Å². The minimum absolute atomic E-state index is 0.246. The lowest BCUT2D eigenvalue weighted by molar-refractivity contribution is 0.299. The van der Waals surface area contributed by atoms with Gasteiger partial charge in [-0.25, -0.2) is 8.42 Å². The van der Waals surface area contributed by atoms with E-state index >= 15 is 0 Å². The summed E-state index contributed by atoms with van der Waals surface area (Å²) in [6.07, 6.45) is 8.04. The molecule has 3 nitrogen and oxygen atoms in total. The van der Waals surface area contributed by atoms with Gasteiger partial charge in [-0.2, -0.15) is 4.31 Å². The zero-order valence-electron chi connectivity index (χ0n) is 11.2. The van der Waals surface area contributed by atoms with Gasteiger partial charge in [0.2, 0.25) is 10.0 Å². The Balaban J connectivity index is 2.00. The quantitative estimate of drug-likeness (QED) is 0.780. The van der Waals surface area contributed by atoms with Crippen LogP contribution < -0.4 is 0 Å². The summed E-state index contributed by atoms with van der Waals surface area (Å²) in [5, 5.41) is 0. The molecule has 102 valence electrons. The van der Waals surface area contributed by atoms with Crippen molar-refractivity contribution in [2.75, 3.05) is 6.54 Å². The van der Waals surface area contributed by atoms with Gasteiger partial charge < -0.3 is 0 Å². The maximum absolute atomic E-state index is 12.8. The molecule has 1 aromatic rings. The van der Waals surface area contributed by atoms with E-state index in [-0.39, 0.29) is 5.54 Å². The van der Waals surface area contributed by atoms with Gasteiger partial charge in [0, 0.05) is 6.54 Å². The Morgan fingerprint density at radius 1 is 1.16 bits per heavy atom. The molecule has 0 N–H and O–H groups in total. The first-order valence-corrected chi connectivity index (χ1v) is 8.26. The van der Waals surface area contributed by atoms with Crippen LogP contribution in [0.1, 0.15) is 31.2 Å². The van der Waals surface area contributed by atoms with Crippen LogP contribution in [-0.4, -0.2) is 24.8 Å². The molecule has 0 aromatic heterocycles. The van der Waals surface area contributed by atoms with E-state index in [4.69, 9.17) is 0 Å². The highest BCUT2D eigenvalue weighted by Crippen LogP contribution is 2.42. The normalized spacial score (nSPS) is 27.4. The molecule has 2 aliphatic rings. The minimum Gasteiger partial charge on any atom is -0.207 e. The zero-order valence-corrected chi connectivity index (χ0v) is 12.0. The van der Waals surface area contributed by atoms with Gasteiger partial charge in [0.15, 0.2) is 0 Å². The van der Waals surface area contributed by atoms with Gasteiger partial charge in [0.1, 0.15) is 0 Å². The van der Waals surface area contributed by atoms with Crippen molar-refractivity contribution in [3.05, 3.63) is 42.0 Å². The Hall–Kier alpha value is -1.13. The first kappa shape index (κ1) is 12.9. The third-order valence-electron chi connectivity index (χ3n) is 4.25. The lowest BCUT2D eigenvalue weighted by Crippen LogP contribution is -2.44. The Labute approximate surface area is 115 Å². The molecule has 1 heterocycles. The van der Waals surface area contributed by atoms with Crippen LogP contribution >= 0.6 is 0 Å². The maximum atomic E-state index is 12.8. The summed E-state index contributed by atoms with van der Waals surface area (Å²) >= 11 is 0. The van der Waals surface area contributed by atoms with Crippen molar-refractivity contribution in [3.8, 4) is 0 Å². The van der Waals surface area contributed by atoms with Crippen LogP contribution in [0.4, 0.5) is 0 Å². The third-order valence-corrected chi connectivity index (χ3v) is 6.24. The first-order valence-electron chi connectivity index (χ1n) is 6.82. The molecule has 1 saturated heterocycles. The second-order valence-electron chi connectivity index (χ2n) is 5.54. The summed E-state index contributed by atoms with van der Waals surface area (Å²) in [7, 11) is -3.37. The summed E-state index contributed by atoms with van der Waals surface area (Å²) in [6, 6.07) is 7.16. The number of sulfonamides is 1. The number of aryl methyl sites for hydroxylation is 1. The molecule has 4 heteroatoms. The van der Waals surface area contributed by atoms with E-state index in [0.29, 0.717) is 11.4 Å². The van der Waals surface area contributed by atoms with Gasteiger partial charge >= 0.3 is 0 Å². The van der Waals surface area contributed by atoms with Gasteiger partial charge in [0.05, 0.1) is 10.4 Å². The fourth-order valence-corrected chi connectivity index (χ4v) is 5.03. The topological polar surface area (TPSA) is 37.4 Å². The van der Waals surface area contributed by atoms with E-state index in [9.17, 15) is 8.42 Å². The second-order valence-corrected chi connectivity index (χ2v) is 7.40. The van der Waals surface area contributed by atoms with E-state index in [1.54, 1.807) is 16.4 Å². The van der Waals surface area contributed by atoms with Crippen molar-refractivity contribution in [2.45, 2.75) is 43.0 Å². The van der Waals surface area contributed by atoms with Crippen LogP contribution in [0.5, 0.6) is 0 Å². The van der Waals surface area contributed by atoms with E-state index < -0.39 is 10.0 Å². The molecule has 1 aliphatic carbocycles. The van der Waals surface area contributed by atoms with Gasteiger partial charge in [-0.3, -0.25) is 0 Å². The van der Waals surface area contributed by atoms with Gasteiger partial charge in [-0.05, 0) is 44.7 Å². The van der Waals surface area contributed by atoms with Crippen LogP contribution in [0.25, 0.3) is 0 Å². The molecular weight excluding hydrogens is 258 g/mol. The molecular formula is C15H19NO2S. The smallest absolute Gasteiger partial charge is 0.207 e. The Morgan fingerprint density at radius 2 is 1.89 bits per heavy atom. The Kier molecular flexibility index (Phi) is 3.02. The number of hydrogen-bond donors (Lipinski definition) is 0. The van der Waals surface area contributed by atoms with Crippen molar-refractivity contribution in [1.82, 2.24) is 4.31 Å². The van der Waals surface area contributed by atoms with E-state index in [2.05, 4.69) is 12.2 Å².